The van der Waals surface area contributed by atoms with Crippen molar-refractivity contribution in [1.29, 1.82) is 0 Å². The van der Waals surface area contributed by atoms with Gasteiger partial charge in [-0.1, -0.05) is 40.2 Å². The third kappa shape index (κ3) is 2.61. The molecule has 2 N–H and O–H groups in total. The number of hydrogen-bond acceptors (Lipinski definition) is 2. The number of fused-ring (bicyclic) bond motifs is 1. The van der Waals surface area contributed by atoms with Gasteiger partial charge in [-0.25, -0.2) is 0 Å². The first-order valence-corrected chi connectivity index (χ1v) is 7.74. The van der Waals surface area contributed by atoms with E-state index in [4.69, 9.17) is 0 Å². The fourth-order valence-electron chi connectivity index (χ4n) is 2.87. The molecule has 1 atom stereocenters. The fraction of sp³-hybridized carbons (Fsp3) is 0.235. The quantitative estimate of drug-likeness (QED) is 0.893. The summed E-state index contributed by atoms with van der Waals surface area (Å²) < 4.78 is 1.11. The van der Waals surface area contributed by atoms with E-state index >= 15 is 0 Å². The summed E-state index contributed by atoms with van der Waals surface area (Å²) in [6.45, 7) is 2.11. The van der Waals surface area contributed by atoms with E-state index in [9.17, 15) is 4.79 Å². The number of carbonyl (C=O) groups excluding carboxylic acids is 1. The molecule has 0 fully saturated rings. The van der Waals surface area contributed by atoms with E-state index in [1.807, 2.05) is 13.1 Å². The predicted molar refractivity (Wildman–Crippen MR) is 88.6 cm³/mol. The zero-order valence-corrected chi connectivity index (χ0v) is 13.6. The summed E-state index contributed by atoms with van der Waals surface area (Å²) in [4.78, 5) is 11.5. The highest BCUT2D eigenvalue weighted by Gasteiger charge is 2.21. The van der Waals surface area contributed by atoms with Gasteiger partial charge < -0.3 is 10.6 Å². The maximum absolute atomic E-state index is 11.5. The number of halogens is 1. The molecule has 108 valence electrons. The van der Waals surface area contributed by atoms with E-state index in [2.05, 4.69) is 63.8 Å². The molecule has 1 heterocycles. The van der Waals surface area contributed by atoms with Crippen LogP contribution in [0.15, 0.2) is 40.9 Å². The summed E-state index contributed by atoms with van der Waals surface area (Å²) in [5, 5.41) is 6.25. The number of hydrogen-bond donors (Lipinski definition) is 2. The van der Waals surface area contributed by atoms with Crippen LogP contribution in [0, 0.1) is 6.92 Å². The van der Waals surface area contributed by atoms with Crippen LogP contribution < -0.4 is 10.6 Å². The van der Waals surface area contributed by atoms with Crippen molar-refractivity contribution in [3.8, 4) is 0 Å². The van der Waals surface area contributed by atoms with Crippen LogP contribution in [0.5, 0.6) is 0 Å². The largest absolute Gasteiger partial charge is 0.326 e. The second-order valence-electron chi connectivity index (χ2n) is 5.32. The summed E-state index contributed by atoms with van der Waals surface area (Å²) >= 11 is 3.59. The van der Waals surface area contributed by atoms with Gasteiger partial charge in [-0.2, -0.15) is 0 Å². The van der Waals surface area contributed by atoms with Gasteiger partial charge in [0.2, 0.25) is 5.91 Å². The van der Waals surface area contributed by atoms with Crippen LogP contribution in [0.4, 0.5) is 5.69 Å². The zero-order chi connectivity index (χ0) is 15.0. The first-order valence-electron chi connectivity index (χ1n) is 6.95. The summed E-state index contributed by atoms with van der Waals surface area (Å²) in [5.74, 6) is 0.0711. The minimum atomic E-state index is 0.0711. The Balaban J connectivity index is 2.03. The Hall–Kier alpha value is -1.65. The second-order valence-corrected chi connectivity index (χ2v) is 6.17. The van der Waals surface area contributed by atoms with Gasteiger partial charge in [0.15, 0.2) is 0 Å². The summed E-state index contributed by atoms with van der Waals surface area (Å²) in [6, 6.07) is 12.5. The zero-order valence-electron chi connectivity index (χ0n) is 12.0. The van der Waals surface area contributed by atoms with Crippen molar-refractivity contribution in [3.05, 3.63) is 63.1 Å². The Morgan fingerprint density at radius 3 is 2.86 bits per heavy atom. The first kappa shape index (κ1) is 14.3. The van der Waals surface area contributed by atoms with Gasteiger partial charge in [0.25, 0.3) is 0 Å². The minimum Gasteiger partial charge on any atom is -0.326 e. The van der Waals surface area contributed by atoms with Gasteiger partial charge in [0.1, 0.15) is 0 Å². The average molecular weight is 345 g/mol. The Labute approximate surface area is 132 Å². The van der Waals surface area contributed by atoms with Crippen LogP contribution in [0.2, 0.25) is 0 Å². The number of carbonyl (C=O) groups is 1. The molecule has 0 bridgehead atoms. The monoisotopic (exact) mass is 344 g/mol. The lowest BCUT2D eigenvalue weighted by Crippen LogP contribution is -2.19. The molecule has 1 amide bonds. The van der Waals surface area contributed by atoms with E-state index < -0.39 is 0 Å². The Bertz CT molecular complexity index is 712. The lowest BCUT2D eigenvalue weighted by Gasteiger charge is -2.21. The van der Waals surface area contributed by atoms with E-state index in [0.717, 1.165) is 15.7 Å². The number of anilines is 1. The molecule has 0 radical (unpaired) electrons. The molecule has 3 nitrogen and oxygen atoms in total. The number of rotatable bonds is 3. The van der Waals surface area contributed by atoms with Crippen LogP contribution in [-0.4, -0.2) is 13.0 Å². The third-order valence-electron chi connectivity index (χ3n) is 4.00. The van der Waals surface area contributed by atoms with Gasteiger partial charge in [0.05, 0.1) is 12.5 Å². The molecule has 0 saturated heterocycles. The number of nitrogens with one attached hydrogen (secondary N) is 2. The van der Waals surface area contributed by atoms with Crippen molar-refractivity contribution in [1.82, 2.24) is 5.32 Å². The van der Waals surface area contributed by atoms with Crippen LogP contribution in [-0.2, 0) is 11.2 Å². The van der Waals surface area contributed by atoms with Gasteiger partial charge >= 0.3 is 0 Å². The maximum Gasteiger partial charge on any atom is 0.228 e. The molecule has 0 spiro atoms. The van der Waals surface area contributed by atoms with Crippen molar-refractivity contribution in [3.63, 3.8) is 0 Å². The van der Waals surface area contributed by atoms with Crippen molar-refractivity contribution in [2.75, 3.05) is 12.4 Å². The lowest BCUT2D eigenvalue weighted by molar-refractivity contribution is -0.115. The van der Waals surface area contributed by atoms with E-state index in [0.29, 0.717) is 6.42 Å². The normalized spacial score (nSPS) is 14.7. The van der Waals surface area contributed by atoms with Crippen LogP contribution in [0.3, 0.4) is 0 Å². The lowest BCUT2D eigenvalue weighted by atomic mass is 9.93. The molecular formula is C17H17BrN2O. The second kappa shape index (κ2) is 5.62. The molecule has 0 saturated carbocycles. The highest BCUT2D eigenvalue weighted by atomic mass is 79.9. The molecule has 0 aliphatic carbocycles. The van der Waals surface area contributed by atoms with Gasteiger partial charge in [0, 0.05) is 10.2 Å². The van der Waals surface area contributed by atoms with Crippen molar-refractivity contribution in [2.45, 2.75) is 19.4 Å². The molecule has 1 aliphatic heterocycles. The fourth-order valence-corrected chi connectivity index (χ4v) is 3.25. The van der Waals surface area contributed by atoms with Crippen LogP contribution in [0.1, 0.15) is 28.3 Å². The summed E-state index contributed by atoms with van der Waals surface area (Å²) in [6.07, 6.45) is 0.469. The molecule has 4 heteroatoms. The standard InChI is InChI=1S/C17H17BrN2O/c1-10-13(4-3-5-14(10)18)17(19-2)11-6-7-15-12(8-11)9-16(21)20-15/h3-8,17,19H,9H2,1-2H3,(H,20,21). The molecule has 3 rings (SSSR count). The first-order chi connectivity index (χ1) is 10.1. The topological polar surface area (TPSA) is 41.1 Å². The third-order valence-corrected chi connectivity index (χ3v) is 4.86. The van der Waals surface area contributed by atoms with Gasteiger partial charge in [-0.3, -0.25) is 4.79 Å². The van der Waals surface area contributed by atoms with E-state index in [-0.39, 0.29) is 11.9 Å². The molecule has 2 aromatic carbocycles. The molecule has 0 aromatic heterocycles. The molecular weight excluding hydrogens is 328 g/mol. The van der Waals surface area contributed by atoms with Gasteiger partial charge in [-0.05, 0) is 48.4 Å². The van der Waals surface area contributed by atoms with Crippen LogP contribution >= 0.6 is 15.9 Å². The SMILES string of the molecule is CNC(c1ccc2c(c1)CC(=O)N2)c1cccc(Br)c1C. The number of amides is 1. The Kier molecular flexibility index (Phi) is 3.83. The molecule has 1 aliphatic rings. The molecule has 21 heavy (non-hydrogen) atoms. The van der Waals surface area contributed by atoms with Crippen LogP contribution in [0.25, 0.3) is 0 Å². The van der Waals surface area contributed by atoms with Gasteiger partial charge in [-0.15, -0.1) is 0 Å². The van der Waals surface area contributed by atoms with E-state index in [1.165, 1.54) is 16.7 Å². The van der Waals surface area contributed by atoms with E-state index in [1.54, 1.807) is 0 Å². The Morgan fingerprint density at radius 1 is 1.29 bits per heavy atom. The smallest absolute Gasteiger partial charge is 0.228 e. The minimum absolute atomic E-state index is 0.0711. The summed E-state index contributed by atoms with van der Waals surface area (Å²) in [5.41, 5.74) is 5.65. The summed E-state index contributed by atoms with van der Waals surface area (Å²) in [7, 11) is 1.96. The molecule has 2 aromatic rings. The van der Waals surface area contributed by atoms with Crippen molar-refractivity contribution >= 4 is 27.5 Å². The average Bonchev–Trinajstić information content (AvgIpc) is 2.83. The molecule has 1 unspecified atom stereocenters. The number of benzene rings is 2. The Morgan fingerprint density at radius 2 is 2.10 bits per heavy atom. The van der Waals surface area contributed by atoms with Crippen molar-refractivity contribution in [2.24, 2.45) is 0 Å². The predicted octanol–water partition coefficient (Wildman–Crippen LogP) is 3.56. The van der Waals surface area contributed by atoms with Crippen molar-refractivity contribution < 1.29 is 4.79 Å². The highest BCUT2D eigenvalue weighted by Crippen LogP contribution is 2.32. The highest BCUT2D eigenvalue weighted by molar-refractivity contribution is 9.10. The maximum atomic E-state index is 11.5.